The summed E-state index contributed by atoms with van der Waals surface area (Å²) in [6, 6.07) is 6.05. The molecule has 0 spiro atoms. The van der Waals surface area contributed by atoms with Crippen molar-refractivity contribution in [1.82, 2.24) is 9.97 Å². The molecule has 1 aromatic heterocycles. The monoisotopic (exact) mass is 250 g/mol. The molecule has 0 atom stereocenters. The van der Waals surface area contributed by atoms with Gasteiger partial charge in [-0.05, 0) is 29.9 Å². The third kappa shape index (κ3) is 1.70. The molecule has 1 fully saturated rings. The maximum Gasteiger partial charge on any atom is 0.323 e. The number of H-pyrrole nitrogens is 2. The Kier molecular flexibility index (Phi) is 2.52. The van der Waals surface area contributed by atoms with E-state index in [0.717, 1.165) is 36.4 Å². The van der Waals surface area contributed by atoms with Crippen molar-refractivity contribution in [3.63, 3.8) is 0 Å². The van der Waals surface area contributed by atoms with E-state index in [4.69, 9.17) is 4.74 Å². The van der Waals surface area contributed by atoms with Gasteiger partial charge in [-0.15, -0.1) is 0 Å². The van der Waals surface area contributed by atoms with Gasteiger partial charge < -0.3 is 14.7 Å². The fourth-order valence-corrected chi connectivity index (χ4v) is 2.81. The first kappa shape index (κ1) is 10.9. The number of hydrogen-bond donors (Lipinski definition) is 3. The minimum atomic E-state index is -0.162. The Hall–Kier alpha value is -1.20. The summed E-state index contributed by atoms with van der Waals surface area (Å²) in [7, 11) is 0. The van der Waals surface area contributed by atoms with Gasteiger partial charge in [-0.1, -0.05) is 6.07 Å². The third-order valence-electron chi connectivity index (χ3n) is 3.48. The quantitative estimate of drug-likeness (QED) is 0.722. The van der Waals surface area contributed by atoms with Crippen molar-refractivity contribution in [2.45, 2.75) is 11.8 Å². The number of nitrogens with one attached hydrogen (secondary N) is 2. The first-order valence-electron chi connectivity index (χ1n) is 5.65. The van der Waals surface area contributed by atoms with Crippen LogP contribution in [0.3, 0.4) is 0 Å². The van der Waals surface area contributed by atoms with Crippen LogP contribution in [0, 0.1) is 0 Å². The predicted molar refractivity (Wildman–Crippen MR) is 69.9 cm³/mol. The van der Waals surface area contributed by atoms with E-state index in [2.05, 4.69) is 28.7 Å². The molecule has 3 rings (SSSR count). The van der Waals surface area contributed by atoms with Gasteiger partial charge >= 0.3 is 5.69 Å². The van der Waals surface area contributed by atoms with Gasteiger partial charge in [-0.25, -0.2) is 4.79 Å². The summed E-state index contributed by atoms with van der Waals surface area (Å²) >= 11 is 4.31. The highest BCUT2D eigenvalue weighted by Gasteiger charge is 2.39. The number of rotatable bonds is 3. The molecule has 0 amide bonds. The first-order valence-corrected chi connectivity index (χ1v) is 6.28. The van der Waals surface area contributed by atoms with Crippen LogP contribution in [-0.4, -0.2) is 28.9 Å². The van der Waals surface area contributed by atoms with Crippen molar-refractivity contribution in [3.8, 4) is 0 Å². The van der Waals surface area contributed by atoms with E-state index in [-0.39, 0.29) is 11.1 Å². The van der Waals surface area contributed by atoms with Crippen LogP contribution in [0.2, 0.25) is 0 Å². The second-order valence-electron chi connectivity index (χ2n) is 4.59. The summed E-state index contributed by atoms with van der Waals surface area (Å²) in [6.07, 6.45) is 0.996. The summed E-state index contributed by atoms with van der Waals surface area (Å²) in [5.41, 5.74) is 2.85. The molecular weight excluding hydrogens is 236 g/mol. The molecule has 0 unspecified atom stereocenters. The second-order valence-corrected chi connectivity index (χ2v) is 5.03. The van der Waals surface area contributed by atoms with Gasteiger partial charge in [0, 0.05) is 5.41 Å². The molecule has 0 aliphatic carbocycles. The van der Waals surface area contributed by atoms with Gasteiger partial charge in [0.2, 0.25) is 0 Å². The number of fused-ring (bicyclic) bond motifs is 1. The number of imidazole rings is 1. The van der Waals surface area contributed by atoms with E-state index < -0.39 is 0 Å². The van der Waals surface area contributed by atoms with Crippen LogP contribution < -0.4 is 5.69 Å². The zero-order valence-corrected chi connectivity index (χ0v) is 10.2. The number of aromatic amines is 2. The highest BCUT2D eigenvalue weighted by molar-refractivity contribution is 7.80. The molecule has 2 heterocycles. The maximum absolute atomic E-state index is 11.2. The molecule has 2 aromatic rings. The molecule has 1 aliphatic heterocycles. The number of thiol groups is 1. The Bertz CT molecular complexity index is 598. The Morgan fingerprint density at radius 3 is 2.71 bits per heavy atom. The SMILES string of the molecule is O=c1[nH]c2ccc(C3(CCS)COC3)cc2[nH]1. The summed E-state index contributed by atoms with van der Waals surface area (Å²) in [4.78, 5) is 16.7. The van der Waals surface area contributed by atoms with Crippen LogP contribution >= 0.6 is 12.6 Å². The van der Waals surface area contributed by atoms with Crippen LogP contribution in [0.4, 0.5) is 0 Å². The Morgan fingerprint density at radius 2 is 2.06 bits per heavy atom. The maximum atomic E-state index is 11.2. The molecule has 5 heteroatoms. The molecule has 0 radical (unpaired) electrons. The van der Waals surface area contributed by atoms with E-state index in [0.29, 0.717) is 0 Å². The minimum absolute atomic E-state index is 0.0874. The zero-order chi connectivity index (χ0) is 11.9. The molecular formula is C12H14N2O2S. The van der Waals surface area contributed by atoms with Crippen molar-refractivity contribution in [2.24, 2.45) is 0 Å². The summed E-state index contributed by atoms with van der Waals surface area (Å²) in [5, 5.41) is 0. The normalized spacial score (nSPS) is 18.2. The highest BCUT2D eigenvalue weighted by Crippen LogP contribution is 2.36. The predicted octanol–water partition coefficient (Wildman–Crippen LogP) is 1.44. The summed E-state index contributed by atoms with van der Waals surface area (Å²) in [6.45, 7) is 1.49. The topological polar surface area (TPSA) is 57.9 Å². The standard InChI is InChI=1S/C12H14N2O2S/c15-11-13-9-2-1-8(5-10(9)14-11)12(3-4-17)6-16-7-12/h1-2,5,17H,3-4,6-7H2,(H2,13,14,15). The fourth-order valence-electron chi connectivity index (χ4n) is 2.38. The summed E-state index contributed by atoms with van der Waals surface area (Å²) in [5.74, 6) is 0.838. The van der Waals surface area contributed by atoms with Crippen molar-refractivity contribution in [2.75, 3.05) is 19.0 Å². The Morgan fingerprint density at radius 1 is 1.29 bits per heavy atom. The zero-order valence-electron chi connectivity index (χ0n) is 9.32. The number of aromatic nitrogens is 2. The highest BCUT2D eigenvalue weighted by atomic mass is 32.1. The molecule has 4 nitrogen and oxygen atoms in total. The fraction of sp³-hybridized carbons (Fsp3) is 0.417. The van der Waals surface area contributed by atoms with Gasteiger partial charge in [-0.2, -0.15) is 12.6 Å². The Balaban J connectivity index is 2.07. The van der Waals surface area contributed by atoms with Crippen LogP contribution in [-0.2, 0) is 10.2 Å². The molecule has 0 saturated carbocycles. The van der Waals surface area contributed by atoms with Crippen molar-refractivity contribution in [1.29, 1.82) is 0 Å². The van der Waals surface area contributed by atoms with Crippen LogP contribution in [0.5, 0.6) is 0 Å². The second kappa shape index (κ2) is 3.92. The molecule has 1 saturated heterocycles. The molecule has 17 heavy (non-hydrogen) atoms. The van der Waals surface area contributed by atoms with E-state index >= 15 is 0 Å². The number of benzene rings is 1. The van der Waals surface area contributed by atoms with Crippen LogP contribution in [0.1, 0.15) is 12.0 Å². The lowest BCUT2D eigenvalue weighted by Crippen LogP contribution is -2.47. The van der Waals surface area contributed by atoms with Gasteiger partial charge in [-0.3, -0.25) is 0 Å². The molecule has 90 valence electrons. The average Bonchev–Trinajstić information content (AvgIpc) is 2.62. The minimum Gasteiger partial charge on any atom is -0.379 e. The average molecular weight is 250 g/mol. The van der Waals surface area contributed by atoms with E-state index in [1.54, 1.807) is 0 Å². The van der Waals surface area contributed by atoms with Gasteiger partial charge in [0.05, 0.1) is 24.2 Å². The van der Waals surface area contributed by atoms with Gasteiger partial charge in [0.1, 0.15) is 0 Å². The van der Waals surface area contributed by atoms with E-state index in [1.807, 2.05) is 12.1 Å². The molecule has 1 aromatic carbocycles. The Labute approximate surface area is 104 Å². The van der Waals surface area contributed by atoms with Gasteiger partial charge in [0.15, 0.2) is 0 Å². The van der Waals surface area contributed by atoms with Crippen molar-refractivity contribution >= 4 is 23.7 Å². The number of hydrogen-bond acceptors (Lipinski definition) is 3. The van der Waals surface area contributed by atoms with E-state index in [9.17, 15) is 4.79 Å². The van der Waals surface area contributed by atoms with Crippen molar-refractivity contribution < 1.29 is 4.74 Å². The third-order valence-corrected chi connectivity index (χ3v) is 3.70. The van der Waals surface area contributed by atoms with Crippen molar-refractivity contribution in [3.05, 3.63) is 34.2 Å². The van der Waals surface area contributed by atoms with Gasteiger partial charge in [0.25, 0.3) is 0 Å². The lowest BCUT2D eigenvalue weighted by molar-refractivity contribution is -0.0613. The molecule has 1 aliphatic rings. The first-order chi connectivity index (χ1) is 8.23. The molecule has 0 bridgehead atoms. The van der Waals surface area contributed by atoms with E-state index in [1.165, 1.54) is 5.56 Å². The molecule has 2 N–H and O–H groups in total. The lowest BCUT2D eigenvalue weighted by atomic mass is 9.76. The lowest BCUT2D eigenvalue weighted by Gasteiger charge is -2.41. The largest absolute Gasteiger partial charge is 0.379 e. The van der Waals surface area contributed by atoms with Crippen LogP contribution in [0.15, 0.2) is 23.0 Å². The summed E-state index contributed by atoms with van der Waals surface area (Å²) < 4.78 is 5.35. The van der Waals surface area contributed by atoms with Crippen LogP contribution in [0.25, 0.3) is 11.0 Å². The smallest absolute Gasteiger partial charge is 0.323 e. The number of ether oxygens (including phenoxy) is 1.